The third-order valence-electron chi connectivity index (χ3n) is 3.22. The standard InChI is InChI=1S/C13H14N2O3/c1-17-13(16)10-5-8-6-11(9-3-2-4-14-9)18-12(8)7-15-10/h5-7,9,14H,2-4H2,1H3. The second kappa shape index (κ2) is 4.42. The summed E-state index contributed by atoms with van der Waals surface area (Å²) in [5, 5.41) is 4.26. The first kappa shape index (κ1) is 11.2. The monoisotopic (exact) mass is 246 g/mol. The fourth-order valence-corrected chi connectivity index (χ4v) is 2.28. The molecule has 0 spiro atoms. The number of hydrogen-bond donors (Lipinski definition) is 1. The van der Waals surface area contributed by atoms with Gasteiger partial charge in [-0.05, 0) is 31.5 Å². The molecule has 3 heterocycles. The van der Waals surface area contributed by atoms with Crippen molar-refractivity contribution in [3.8, 4) is 0 Å². The van der Waals surface area contributed by atoms with Gasteiger partial charge < -0.3 is 14.5 Å². The van der Waals surface area contributed by atoms with E-state index < -0.39 is 5.97 Å². The second-order valence-electron chi connectivity index (χ2n) is 4.40. The molecule has 1 saturated heterocycles. The van der Waals surface area contributed by atoms with E-state index in [0.29, 0.717) is 11.3 Å². The lowest BCUT2D eigenvalue weighted by Gasteiger charge is -2.04. The number of hydrogen-bond acceptors (Lipinski definition) is 5. The molecule has 1 aliphatic rings. The van der Waals surface area contributed by atoms with Gasteiger partial charge in [-0.3, -0.25) is 0 Å². The number of nitrogens with zero attached hydrogens (tertiary/aromatic N) is 1. The lowest BCUT2D eigenvalue weighted by molar-refractivity contribution is 0.0594. The van der Waals surface area contributed by atoms with E-state index in [1.807, 2.05) is 6.07 Å². The summed E-state index contributed by atoms with van der Waals surface area (Å²) in [5.74, 6) is 0.477. The van der Waals surface area contributed by atoms with Crippen LogP contribution >= 0.6 is 0 Å². The van der Waals surface area contributed by atoms with Crippen LogP contribution in [0.1, 0.15) is 35.1 Å². The molecular formula is C13H14N2O3. The number of esters is 1. The maximum absolute atomic E-state index is 11.4. The summed E-state index contributed by atoms with van der Waals surface area (Å²) >= 11 is 0. The molecule has 0 saturated carbocycles. The van der Waals surface area contributed by atoms with Crippen molar-refractivity contribution < 1.29 is 13.9 Å². The van der Waals surface area contributed by atoms with Gasteiger partial charge in [-0.15, -0.1) is 0 Å². The van der Waals surface area contributed by atoms with Crippen molar-refractivity contribution >= 4 is 16.9 Å². The predicted octanol–water partition coefficient (Wildman–Crippen LogP) is 2.04. The second-order valence-corrected chi connectivity index (χ2v) is 4.40. The van der Waals surface area contributed by atoms with E-state index in [9.17, 15) is 4.79 Å². The summed E-state index contributed by atoms with van der Waals surface area (Å²) in [6.07, 6.45) is 3.81. The Morgan fingerprint density at radius 3 is 3.17 bits per heavy atom. The van der Waals surface area contributed by atoms with E-state index >= 15 is 0 Å². The minimum atomic E-state index is -0.432. The molecule has 0 amide bonds. The van der Waals surface area contributed by atoms with E-state index in [2.05, 4.69) is 15.0 Å². The zero-order chi connectivity index (χ0) is 12.5. The largest absolute Gasteiger partial charge is 0.464 e. The van der Waals surface area contributed by atoms with E-state index in [-0.39, 0.29) is 6.04 Å². The van der Waals surface area contributed by atoms with Gasteiger partial charge >= 0.3 is 5.97 Å². The molecule has 0 aliphatic carbocycles. The van der Waals surface area contributed by atoms with Crippen molar-refractivity contribution in [3.05, 3.63) is 29.8 Å². The molecule has 18 heavy (non-hydrogen) atoms. The summed E-state index contributed by atoms with van der Waals surface area (Å²) in [6, 6.07) is 3.94. The summed E-state index contributed by atoms with van der Waals surface area (Å²) in [4.78, 5) is 15.4. The number of pyridine rings is 1. The minimum absolute atomic E-state index is 0.277. The number of nitrogens with one attached hydrogen (secondary N) is 1. The van der Waals surface area contributed by atoms with E-state index in [1.54, 1.807) is 12.3 Å². The molecule has 0 aromatic carbocycles. The van der Waals surface area contributed by atoms with Crippen LogP contribution in [0.2, 0.25) is 0 Å². The number of aromatic nitrogens is 1. The Labute approximate surface area is 104 Å². The third-order valence-corrected chi connectivity index (χ3v) is 3.22. The Morgan fingerprint density at radius 2 is 2.44 bits per heavy atom. The number of ether oxygens (including phenoxy) is 1. The molecule has 2 aromatic heterocycles. The van der Waals surface area contributed by atoms with Crippen LogP contribution in [0.5, 0.6) is 0 Å². The molecule has 5 heteroatoms. The zero-order valence-electron chi connectivity index (χ0n) is 10.1. The highest BCUT2D eigenvalue weighted by molar-refractivity contribution is 5.91. The maximum atomic E-state index is 11.4. The van der Waals surface area contributed by atoms with Gasteiger partial charge in [0.15, 0.2) is 5.58 Å². The highest BCUT2D eigenvalue weighted by Gasteiger charge is 2.20. The molecular weight excluding hydrogens is 232 g/mol. The van der Waals surface area contributed by atoms with Crippen LogP contribution in [0.15, 0.2) is 22.7 Å². The van der Waals surface area contributed by atoms with Gasteiger partial charge in [0.1, 0.15) is 11.5 Å². The summed E-state index contributed by atoms with van der Waals surface area (Å²) in [6.45, 7) is 1.02. The van der Waals surface area contributed by atoms with Crippen molar-refractivity contribution in [2.45, 2.75) is 18.9 Å². The predicted molar refractivity (Wildman–Crippen MR) is 65.3 cm³/mol. The van der Waals surface area contributed by atoms with Crippen molar-refractivity contribution in [1.82, 2.24) is 10.3 Å². The molecule has 5 nitrogen and oxygen atoms in total. The number of carbonyl (C=O) groups is 1. The molecule has 94 valence electrons. The van der Waals surface area contributed by atoms with E-state index in [1.165, 1.54) is 7.11 Å². The molecule has 1 fully saturated rings. The van der Waals surface area contributed by atoms with Crippen LogP contribution < -0.4 is 5.32 Å². The van der Waals surface area contributed by atoms with Crippen LogP contribution in [0.3, 0.4) is 0 Å². The van der Waals surface area contributed by atoms with Gasteiger partial charge in [-0.2, -0.15) is 0 Å². The molecule has 1 unspecified atom stereocenters. The summed E-state index contributed by atoms with van der Waals surface area (Å²) in [5.41, 5.74) is 1.00. The zero-order valence-corrected chi connectivity index (χ0v) is 10.1. The maximum Gasteiger partial charge on any atom is 0.356 e. The lowest BCUT2D eigenvalue weighted by atomic mass is 10.1. The van der Waals surface area contributed by atoms with Gasteiger partial charge in [0.25, 0.3) is 0 Å². The van der Waals surface area contributed by atoms with E-state index in [0.717, 1.165) is 30.5 Å². The Kier molecular flexibility index (Phi) is 2.76. The number of carbonyl (C=O) groups excluding carboxylic acids is 1. The van der Waals surface area contributed by atoms with Gasteiger partial charge in [-0.25, -0.2) is 9.78 Å². The average molecular weight is 246 g/mol. The van der Waals surface area contributed by atoms with Crippen molar-refractivity contribution in [2.24, 2.45) is 0 Å². The fraction of sp³-hybridized carbons (Fsp3) is 0.385. The van der Waals surface area contributed by atoms with Crippen molar-refractivity contribution in [3.63, 3.8) is 0 Å². The molecule has 1 N–H and O–H groups in total. The van der Waals surface area contributed by atoms with Gasteiger partial charge in [0.2, 0.25) is 0 Å². The van der Waals surface area contributed by atoms with Crippen molar-refractivity contribution in [1.29, 1.82) is 0 Å². The quantitative estimate of drug-likeness (QED) is 0.821. The summed E-state index contributed by atoms with van der Waals surface area (Å²) < 4.78 is 10.4. The van der Waals surface area contributed by atoms with Crippen LogP contribution in [0, 0.1) is 0 Å². The third kappa shape index (κ3) is 1.86. The Morgan fingerprint density at radius 1 is 1.56 bits per heavy atom. The fourth-order valence-electron chi connectivity index (χ4n) is 2.28. The SMILES string of the molecule is COC(=O)c1cc2cc(C3CCCN3)oc2cn1. The highest BCUT2D eigenvalue weighted by Crippen LogP contribution is 2.28. The number of fused-ring (bicyclic) bond motifs is 1. The molecule has 0 bridgehead atoms. The molecule has 1 aliphatic heterocycles. The van der Waals surface area contributed by atoms with Crippen molar-refractivity contribution in [2.75, 3.05) is 13.7 Å². The summed E-state index contributed by atoms with van der Waals surface area (Å²) in [7, 11) is 1.34. The Hall–Kier alpha value is -1.88. The molecule has 0 radical (unpaired) electrons. The Balaban J connectivity index is 1.98. The van der Waals surface area contributed by atoms with Crippen LogP contribution in [-0.4, -0.2) is 24.6 Å². The number of methoxy groups -OCH3 is 1. The minimum Gasteiger partial charge on any atom is -0.464 e. The average Bonchev–Trinajstić information content (AvgIpc) is 3.04. The van der Waals surface area contributed by atoms with Gasteiger partial charge in [-0.1, -0.05) is 0 Å². The molecule has 2 aromatic rings. The van der Waals surface area contributed by atoms with Gasteiger partial charge in [0, 0.05) is 5.39 Å². The van der Waals surface area contributed by atoms with Crippen LogP contribution in [-0.2, 0) is 4.74 Å². The van der Waals surface area contributed by atoms with Crippen LogP contribution in [0.25, 0.3) is 11.0 Å². The lowest BCUT2D eigenvalue weighted by Crippen LogP contribution is -2.11. The molecule has 3 rings (SSSR count). The smallest absolute Gasteiger partial charge is 0.356 e. The normalized spacial score (nSPS) is 19.3. The van der Waals surface area contributed by atoms with Gasteiger partial charge in [0.05, 0.1) is 19.3 Å². The van der Waals surface area contributed by atoms with E-state index in [4.69, 9.17) is 4.42 Å². The Bertz CT molecular complexity index is 585. The highest BCUT2D eigenvalue weighted by atomic mass is 16.5. The molecule has 1 atom stereocenters. The van der Waals surface area contributed by atoms with Crippen LogP contribution in [0.4, 0.5) is 0 Å². The number of furan rings is 1. The first-order chi connectivity index (χ1) is 8.78. The number of rotatable bonds is 2. The first-order valence-corrected chi connectivity index (χ1v) is 5.99. The first-order valence-electron chi connectivity index (χ1n) is 5.99. The topological polar surface area (TPSA) is 64.4 Å².